The van der Waals surface area contributed by atoms with Gasteiger partial charge in [-0.25, -0.2) is 9.38 Å². The number of benzene rings is 1. The number of likely N-dealkylation sites (N-methyl/N-ethyl adjacent to an activating group) is 1. The fraction of sp³-hybridized carbons (Fsp3) is 0.545. The Labute approximate surface area is 202 Å². The second-order valence-corrected chi connectivity index (χ2v) is 7.45. The quantitative estimate of drug-likeness (QED) is 0.221. The van der Waals surface area contributed by atoms with Crippen LogP contribution in [0.4, 0.5) is 10.1 Å². The van der Waals surface area contributed by atoms with E-state index in [0.717, 1.165) is 70.3 Å². The maximum Gasteiger partial charge on any atom is 0.191 e. The summed E-state index contributed by atoms with van der Waals surface area (Å²) < 4.78 is 16.6. The zero-order valence-corrected chi connectivity index (χ0v) is 20.9. The average Bonchev–Trinajstić information content (AvgIpc) is 3.29. The first-order chi connectivity index (χ1) is 14.7. The fourth-order valence-electron chi connectivity index (χ4n) is 3.60. The number of hydrogen-bond donors (Lipinski definition) is 2. The molecule has 2 N–H and O–H groups in total. The maximum absolute atomic E-state index is 14.7. The molecule has 172 valence electrons. The normalized spacial score (nSPS) is 14.9. The van der Waals surface area contributed by atoms with Gasteiger partial charge in [-0.3, -0.25) is 4.68 Å². The summed E-state index contributed by atoms with van der Waals surface area (Å²) in [5.74, 6) is 0.586. The highest BCUT2D eigenvalue weighted by molar-refractivity contribution is 14.0. The predicted octanol–water partition coefficient (Wildman–Crippen LogP) is 2.93. The number of nitrogens with one attached hydrogen (secondary N) is 2. The van der Waals surface area contributed by atoms with Crippen LogP contribution in [0.25, 0.3) is 0 Å². The molecule has 7 nitrogen and oxygen atoms in total. The van der Waals surface area contributed by atoms with Crippen molar-refractivity contribution in [1.82, 2.24) is 25.3 Å². The predicted molar refractivity (Wildman–Crippen MR) is 136 cm³/mol. The summed E-state index contributed by atoms with van der Waals surface area (Å²) in [6.45, 7) is 11.8. The molecule has 0 spiro atoms. The van der Waals surface area contributed by atoms with Crippen LogP contribution < -0.4 is 15.5 Å². The maximum atomic E-state index is 14.7. The van der Waals surface area contributed by atoms with Gasteiger partial charge in [0.05, 0.1) is 12.2 Å². The minimum absolute atomic E-state index is 0. The van der Waals surface area contributed by atoms with E-state index < -0.39 is 0 Å². The lowest BCUT2D eigenvalue weighted by Crippen LogP contribution is -2.46. The number of nitrogens with zero attached hydrogens (tertiary/aromatic N) is 5. The standard InChI is InChI=1S/C22H34FN7.HI/c1-3-24-22(25-9-5-11-30-12-6-10-27-30)26-18-19-7-8-21(20(23)17-19)29-15-13-28(4-2)14-16-29;/h6-8,10,12,17H,3-5,9,11,13-16,18H2,1-2H3,(H2,24,25,26);1H. The number of guanidine groups is 1. The summed E-state index contributed by atoms with van der Waals surface area (Å²) in [6, 6.07) is 7.42. The lowest BCUT2D eigenvalue weighted by Gasteiger charge is -2.35. The number of rotatable bonds is 9. The molecule has 0 amide bonds. The molecule has 2 aromatic rings. The third-order valence-electron chi connectivity index (χ3n) is 5.35. The highest BCUT2D eigenvalue weighted by Gasteiger charge is 2.18. The number of halogens is 2. The Morgan fingerprint density at radius 3 is 2.61 bits per heavy atom. The van der Waals surface area contributed by atoms with E-state index in [0.29, 0.717) is 12.2 Å². The van der Waals surface area contributed by atoms with Crippen LogP contribution in [0.15, 0.2) is 41.7 Å². The van der Waals surface area contributed by atoms with Crippen molar-refractivity contribution in [1.29, 1.82) is 0 Å². The van der Waals surface area contributed by atoms with E-state index in [9.17, 15) is 4.39 Å². The highest BCUT2D eigenvalue weighted by atomic mass is 127. The Morgan fingerprint density at radius 2 is 1.97 bits per heavy atom. The van der Waals surface area contributed by atoms with Gasteiger partial charge in [0.2, 0.25) is 0 Å². The van der Waals surface area contributed by atoms with Gasteiger partial charge in [0.25, 0.3) is 0 Å². The molecule has 1 aliphatic rings. The van der Waals surface area contributed by atoms with Crippen LogP contribution in [0.5, 0.6) is 0 Å². The van der Waals surface area contributed by atoms with Crippen molar-refractivity contribution in [2.45, 2.75) is 33.4 Å². The van der Waals surface area contributed by atoms with Crippen molar-refractivity contribution in [3.63, 3.8) is 0 Å². The molecule has 0 aliphatic carbocycles. The Morgan fingerprint density at radius 1 is 1.16 bits per heavy atom. The van der Waals surface area contributed by atoms with Gasteiger partial charge < -0.3 is 20.4 Å². The van der Waals surface area contributed by atoms with Crippen LogP contribution in [-0.2, 0) is 13.1 Å². The molecule has 0 radical (unpaired) electrons. The van der Waals surface area contributed by atoms with Gasteiger partial charge in [-0.2, -0.15) is 5.10 Å². The van der Waals surface area contributed by atoms with E-state index >= 15 is 0 Å². The van der Waals surface area contributed by atoms with E-state index in [1.54, 1.807) is 12.3 Å². The second kappa shape index (κ2) is 13.5. The summed E-state index contributed by atoms with van der Waals surface area (Å²) in [5, 5.41) is 10.8. The summed E-state index contributed by atoms with van der Waals surface area (Å²) >= 11 is 0. The van der Waals surface area contributed by atoms with Crippen LogP contribution in [0, 0.1) is 5.82 Å². The summed E-state index contributed by atoms with van der Waals surface area (Å²) in [4.78, 5) is 9.14. The third-order valence-corrected chi connectivity index (χ3v) is 5.35. The lowest BCUT2D eigenvalue weighted by molar-refractivity contribution is 0.270. The lowest BCUT2D eigenvalue weighted by atomic mass is 10.1. The van der Waals surface area contributed by atoms with Gasteiger partial charge in [0.1, 0.15) is 5.82 Å². The second-order valence-electron chi connectivity index (χ2n) is 7.45. The van der Waals surface area contributed by atoms with Crippen LogP contribution in [-0.4, -0.2) is 66.5 Å². The van der Waals surface area contributed by atoms with Gasteiger partial charge in [-0.15, -0.1) is 24.0 Å². The van der Waals surface area contributed by atoms with E-state index in [-0.39, 0.29) is 29.8 Å². The number of aromatic nitrogens is 2. The molecule has 1 fully saturated rings. The highest BCUT2D eigenvalue weighted by Crippen LogP contribution is 2.22. The SMILES string of the molecule is CCNC(=NCc1ccc(N2CCN(CC)CC2)c(F)c1)NCCCn1cccn1.I. The average molecular weight is 543 g/mol. The third kappa shape index (κ3) is 7.95. The zero-order valence-electron chi connectivity index (χ0n) is 18.6. The molecule has 0 atom stereocenters. The van der Waals surface area contributed by atoms with Gasteiger partial charge in [-0.1, -0.05) is 13.0 Å². The summed E-state index contributed by atoms with van der Waals surface area (Å²) in [6.07, 6.45) is 4.69. The van der Waals surface area contributed by atoms with Gasteiger partial charge in [-0.05, 0) is 43.7 Å². The summed E-state index contributed by atoms with van der Waals surface area (Å²) in [7, 11) is 0. The Bertz CT molecular complexity index is 789. The van der Waals surface area contributed by atoms with E-state index in [2.05, 4.69) is 37.4 Å². The van der Waals surface area contributed by atoms with Crippen molar-refractivity contribution in [3.05, 3.63) is 48.0 Å². The molecule has 0 unspecified atom stereocenters. The Balaban J connectivity index is 0.00000341. The molecule has 3 rings (SSSR count). The first kappa shape index (κ1) is 25.4. The number of hydrogen-bond acceptors (Lipinski definition) is 4. The summed E-state index contributed by atoms with van der Waals surface area (Å²) in [5.41, 5.74) is 1.57. The van der Waals surface area contributed by atoms with E-state index in [1.807, 2.05) is 36.0 Å². The van der Waals surface area contributed by atoms with Crippen molar-refractivity contribution in [3.8, 4) is 0 Å². The minimum Gasteiger partial charge on any atom is -0.367 e. The van der Waals surface area contributed by atoms with Crippen molar-refractivity contribution < 1.29 is 4.39 Å². The fourth-order valence-corrected chi connectivity index (χ4v) is 3.60. The van der Waals surface area contributed by atoms with Crippen molar-refractivity contribution in [2.75, 3.05) is 50.7 Å². The van der Waals surface area contributed by atoms with Crippen LogP contribution >= 0.6 is 24.0 Å². The smallest absolute Gasteiger partial charge is 0.191 e. The number of aliphatic imine (C=N–C) groups is 1. The van der Waals surface area contributed by atoms with E-state index in [1.165, 1.54) is 0 Å². The van der Waals surface area contributed by atoms with Crippen LogP contribution in [0.2, 0.25) is 0 Å². The van der Waals surface area contributed by atoms with Gasteiger partial charge in [0, 0.05) is 58.2 Å². The molecule has 1 saturated heterocycles. The molecule has 9 heteroatoms. The van der Waals surface area contributed by atoms with Crippen LogP contribution in [0.3, 0.4) is 0 Å². The molecule has 0 bridgehead atoms. The Hall–Kier alpha value is -1.88. The molecule has 31 heavy (non-hydrogen) atoms. The first-order valence-electron chi connectivity index (χ1n) is 10.9. The Kier molecular flexibility index (Phi) is 11.1. The molecule has 1 aromatic heterocycles. The van der Waals surface area contributed by atoms with Gasteiger partial charge in [0.15, 0.2) is 5.96 Å². The zero-order chi connectivity index (χ0) is 21.2. The number of piperazine rings is 1. The first-order valence-corrected chi connectivity index (χ1v) is 10.9. The molecular weight excluding hydrogens is 508 g/mol. The number of aryl methyl sites for hydroxylation is 1. The minimum atomic E-state index is -0.162. The molecule has 1 aromatic carbocycles. The topological polar surface area (TPSA) is 60.7 Å². The number of anilines is 1. The van der Waals surface area contributed by atoms with Crippen molar-refractivity contribution in [2.24, 2.45) is 4.99 Å². The molecule has 0 saturated carbocycles. The van der Waals surface area contributed by atoms with Crippen LogP contribution in [0.1, 0.15) is 25.8 Å². The van der Waals surface area contributed by atoms with E-state index in [4.69, 9.17) is 0 Å². The molecule has 1 aliphatic heterocycles. The monoisotopic (exact) mass is 543 g/mol. The molecular formula is C22H35FIN7. The van der Waals surface area contributed by atoms with Gasteiger partial charge >= 0.3 is 0 Å². The van der Waals surface area contributed by atoms with Crippen molar-refractivity contribution >= 4 is 35.6 Å². The molecule has 2 heterocycles. The largest absolute Gasteiger partial charge is 0.367 e.